The van der Waals surface area contributed by atoms with Crippen LogP contribution in [0, 0.1) is 0 Å². The van der Waals surface area contributed by atoms with Gasteiger partial charge < -0.3 is 9.80 Å². The summed E-state index contributed by atoms with van der Waals surface area (Å²) in [6, 6.07) is 8.10. The van der Waals surface area contributed by atoms with Crippen LogP contribution in [0.25, 0.3) is 0 Å². The Hall–Kier alpha value is -1.20. The third-order valence-electron chi connectivity index (χ3n) is 3.52. The summed E-state index contributed by atoms with van der Waals surface area (Å²) in [6.45, 7) is 1.66. The van der Waals surface area contributed by atoms with Crippen LogP contribution in [0.15, 0.2) is 24.3 Å². The van der Waals surface area contributed by atoms with Gasteiger partial charge in [-0.15, -0.1) is 11.8 Å². The molecule has 1 aromatic rings. The molecule has 0 aliphatic carbocycles. The van der Waals surface area contributed by atoms with Gasteiger partial charge in [-0.05, 0) is 12.1 Å². The fourth-order valence-corrected chi connectivity index (χ4v) is 3.41. The van der Waals surface area contributed by atoms with E-state index in [1.165, 1.54) is 0 Å². The third-order valence-corrected chi connectivity index (χ3v) is 4.46. The first-order chi connectivity index (χ1) is 8.77. The highest BCUT2D eigenvalue weighted by Crippen LogP contribution is 2.32. The Morgan fingerprint density at radius 2 is 2.11 bits per heavy atom. The normalized spacial score (nSPS) is 23.1. The van der Waals surface area contributed by atoms with Crippen molar-refractivity contribution in [1.29, 1.82) is 0 Å². The fourth-order valence-electron chi connectivity index (χ4n) is 2.48. The van der Waals surface area contributed by atoms with Crippen molar-refractivity contribution < 1.29 is 4.79 Å². The summed E-state index contributed by atoms with van der Waals surface area (Å²) in [6.07, 6.45) is 0. The maximum atomic E-state index is 12.5. The molecule has 1 fully saturated rings. The number of rotatable bonds is 1. The summed E-state index contributed by atoms with van der Waals surface area (Å²) in [5.74, 6) is 1.97. The van der Waals surface area contributed by atoms with Crippen molar-refractivity contribution in [2.24, 2.45) is 0 Å². The average Bonchev–Trinajstić information content (AvgIpc) is 2.93. The molecule has 2 heterocycles. The van der Waals surface area contributed by atoms with Gasteiger partial charge >= 0.3 is 0 Å². The maximum Gasteiger partial charge on any atom is 0.245 e. The van der Waals surface area contributed by atoms with Crippen LogP contribution in [0.4, 0.5) is 11.4 Å². The molecule has 2 aliphatic rings. The van der Waals surface area contributed by atoms with Crippen molar-refractivity contribution in [3.05, 3.63) is 24.3 Å². The number of anilines is 2. The van der Waals surface area contributed by atoms with Crippen LogP contribution in [-0.2, 0) is 4.79 Å². The Bertz CT molecular complexity index is 459. The van der Waals surface area contributed by atoms with E-state index in [1.54, 1.807) is 11.8 Å². The molecule has 0 spiro atoms. The van der Waals surface area contributed by atoms with E-state index in [1.807, 2.05) is 23.1 Å². The van der Waals surface area contributed by atoms with Crippen LogP contribution in [-0.4, -0.2) is 43.7 Å². The molecule has 0 bridgehead atoms. The van der Waals surface area contributed by atoms with Crippen LogP contribution < -0.4 is 15.1 Å². The second-order valence-corrected chi connectivity index (χ2v) is 5.70. The molecule has 1 amide bonds. The Morgan fingerprint density at radius 3 is 2.83 bits per heavy atom. The summed E-state index contributed by atoms with van der Waals surface area (Å²) in [5, 5.41) is 3.25. The summed E-state index contributed by atoms with van der Waals surface area (Å²) < 4.78 is 0. The number of carbonyl (C=O) groups excluding carboxylic acids is 1. The highest BCUT2D eigenvalue weighted by Gasteiger charge is 2.31. The van der Waals surface area contributed by atoms with E-state index in [4.69, 9.17) is 0 Å². The number of fused-ring (bicyclic) bond motifs is 1. The molecule has 1 N–H and O–H groups in total. The molecule has 18 heavy (non-hydrogen) atoms. The lowest BCUT2D eigenvalue weighted by Crippen LogP contribution is -2.50. The van der Waals surface area contributed by atoms with Gasteiger partial charge in [-0.1, -0.05) is 12.1 Å². The molecule has 1 saturated heterocycles. The number of carbonyl (C=O) groups is 1. The second-order valence-electron chi connectivity index (χ2n) is 4.67. The number of amides is 1. The quantitative estimate of drug-likeness (QED) is 0.824. The van der Waals surface area contributed by atoms with E-state index >= 15 is 0 Å². The fraction of sp³-hybridized carbons (Fsp3) is 0.462. The zero-order valence-corrected chi connectivity index (χ0v) is 11.2. The minimum atomic E-state index is -0.0218. The van der Waals surface area contributed by atoms with Crippen LogP contribution in [0.3, 0.4) is 0 Å². The Morgan fingerprint density at radius 1 is 1.33 bits per heavy atom. The number of benzene rings is 1. The van der Waals surface area contributed by atoms with Crippen LogP contribution in [0.2, 0.25) is 0 Å². The molecule has 2 aliphatic heterocycles. The first-order valence-corrected chi connectivity index (χ1v) is 7.35. The highest BCUT2D eigenvalue weighted by molar-refractivity contribution is 7.99. The van der Waals surface area contributed by atoms with E-state index in [2.05, 4.69) is 23.3 Å². The zero-order valence-electron chi connectivity index (χ0n) is 10.4. The van der Waals surface area contributed by atoms with E-state index < -0.39 is 0 Å². The minimum Gasteiger partial charge on any atom is -0.371 e. The van der Waals surface area contributed by atoms with Crippen molar-refractivity contribution in [3.63, 3.8) is 0 Å². The van der Waals surface area contributed by atoms with Crippen LogP contribution in [0.5, 0.6) is 0 Å². The Kier molecular flexibility index (Phi) is 3.18. The van der Waals surface area contributed by atoms with Crippen molar-refractivity contribution in [3.8, 4) is 0 Å². The number of hydrogen-bond acceptors (Lipinski definition) is 4. The summed E-state index contributed by atoms with van der Waals surface area (Å²) in [7, 11) is 2.07. The van der Waals surface area contributed by atoms with Gasteiger partial charge in [0.1, 0.15) is 0 Å². The van der Waals surface area contributed by atoms with Gasteiger partial charge in [0, 0.05) is 31.8 Å². The topological polar surface area (TPSA) is 35.6 Å². The predicted octanol–water partition coefficient (Wildman–Crippen LogP) is 1.13. The molecule has 0 aromatic heterocycles. The average molecular weight is 263 g/mol. The first-order valence-electron chi connectivity index (χ1n) is 6.20. The molecule has 1 unspecified atom stereocenters. The van der Waals surface area contributed by atoms with Gasteiger partial charge in [0.15, 0.2) is 0 Å². The molecule has 0 saturated carbocycles. The van der Waals surface area contributed by atoms with Crippen molar-refractivity contribution in [1.82, 2.24) is 5.32 Å². The molecule has 1 aromatic carbocycles. The van der Waals surface area contributed by atoms with Gasteiger partial charge in [0.25, 0.3) is 0 Å². The van der Waals surface area contributed by atoms with Crippen LogP contribution >= 0.6 is 11.8 Å². The minimum absolute atomic E-state index is 0.0218. The lowest BCUT2D eigenvalue weighted by Gasteiger charge is -2.36. The van der Waals surface area contributed by atoms with E-state index in [0.717, 1.165) is 36.1 Å². The highest BCUT2D eigenvalue weighted by atomic mass is 32.2. The van der Waals surface area contributed by atoms with Gasteiger partial charge in [-0.25, -0.2) is 0 Å². The van der Waals surface area contributed by atoms with Crippen LogP contribution in [0.1, 0.15) is 0 Å². The number of nitrogens with one attached hydrogen (secondary N) is 1. The lowest BCUT2D eigenvalue weighted by molar-refractivity contribution is -0.119. The summed E-state index contributed by atoms with van der Waals surface area (Å²) in [5.41, 5.74) is 2.18. The van der Waals surface area contributed by atoms with E-state index in [0.29, 0.717) is 0 Å². The second kappa shape index (κ2) is 4.82. The van der Waals surface area contributed by atoms with E-state index in [-0.39, 0.29) is 11.9 Å². The molecular formula is C13H17N3OS. The van der Waals surface area contributed by atoms with Crippen molar-refractivity contribution >= 4 is 29.0 Å². The SMILES string of the molecule is CN1CCN(C(=O)C2CSCN2)c2ccccc21. The van der Waals surface area contributed by atoms with Gasteiger partial charge in [0.2, 0.25) is 5.91 Å². The Balaban J connectivity index is 1.89. The van der Waals surface area contributed by atoms with Gasteiger partial charge in [0.05, 0.1) is 17.4 Å². The predicted molar refractivity (Wildman–Crippen MR) is 76.3 cm³/mol. The molecule has 5 heteroatoms. The summed E-state index contributed by atoms with van der Waals surface area (Å²) >= 11 is 1.79. The van der Waals surface area contributed by atoms with Crippen molar-refractivity contribution in [2.75, 3.05) is 41.6 Å². The standard InChI is InChI=1S/C13H17N3OS/c1-15-6-7-16(12-5-3-2-4-11(12)15)13(17)10-8-18-9-14-10/h2-5,10,14H,6-9H2,1H3. The largest absolute Gasteiger partial charge is 0.371 e. The van der Waals surface area contributed by atoms with Crippen molar-refractivity contribution in [2.45, 2.75) is 6.04 Å². The van der Waals surface area contributed by atoms with Gasteiger partial charge in [-0.2, -0.15) is 0 Å². The molecule has 0 radical (unpaired) electrons. The first kappa shape index (κ1) is 11.9. The number of thioether (sulfide) groups is 1. The summed E-state index contributed by atoms with van der Waals surface area (Å²) in [4.78, 5) is 16.6. The molecular weight excluding hydrogens is 246 g/mol. The third kappa shape index (κ3) is 1.97. The number of hydrogen-bond donors (Lipinski definition) is 1. The zero-order chi connectivity index (χ0) is 12.5. The molecule has 96 valence electrons. The van der Waals surface area contributed by atoms with E-state index in [9.17, 15) is 4.79 Å². The monoisotopic (exact) mass is 263 g/mol. The lowest BCUT2D eigenvalue weighted by atomic mass is 10.1. The Labute approximate surface area is 111 Å². The van der Waals surface area contributed by atoms with Gasteiger partial charge in [-0.3, -0.25) is 10.1 Å². The smallest absolute Gasteiger partial charge is 0.245 e. The molecule has 1 atom stereocenters. The number of likely N-dealkylation sites (N-methyl/N-ethyl adjacent to an activating group) is 1. The number of para-hydroxylation sites is 2. The molecule has 3 rings (SSSR count). The molecule has 4 nitrogen and oxygen atoms in total. The number of nitrogens with zero attached hydrogens (tertiary/aromatic N) is 2. The maximum absolute atomic E-state index is 12.5.